The van der Waals surface area contributed by atoms with E-state index in [0.29, 0.717) is 0 Å². The van der Waals surface area contributed by atoms with Gasteiger partial charge in [-0.2, -0.15) is 0 Å². The molecule has 7 atom stereocenters. The maximum absolute atomic E-state index is 13.2. The Balaban J connectivity index is 1.36. The van der Waals surface area contributed by atoms with Crippen molar-refractivity contribution in [2.45, 2.75) is 122 Å². The first kappa shape index (κ1) is 31.2. The predicted octanol–water partition coefficient (Wildman–Crippen LogP) is 2.14. The van der Waals surface area contributed by atoms with Crippen molar-refractivity contribution in [2.75, 3.05) is 6.54 Å². The van der Waals surface area contributed by atoms with Gasteiger partial charge in [-0.25, -0.2) is 4.79 Å². The van der Waals surface area contributed by atoms with Gasteiger partial charge in [0.15, 0.2) is 17.9 Å². The number of hydrogen-bond donors (Lipinski definition) is 3. The number of fused-ring (bicyclic) bond motifs is 3. The maximum Gasteiger partial charge on any atom is 0.408 e. The minimum atomic E-state index is -0.962. The zero-order valence-corrected chi connectivity index (χ0v) is 25.0. The molecule has 1 aromatic carbocycles. The molecular formula is C29H43N3O9. The zero-order valence-electron chi connectivity index (χ0n) is 25.0. The summed E-state index contributed by atoms with van der Waals surface area (Å²) in [5.74, 6) is -2.66. The fourth-order valence-corrected chi connectivity index (χ4v) is 5.10. The van der Waals surface area contributed by atoms with Gasteiger partial charge < -0.3 is 44.4 Å². The lowest BCUT2D eigenvalue weighted by Gasteiger charge is -2.37. The van der Waals surface area contributed by atoms with E-state index >= 15 is 0 Å². The van der Waals surface area contributed by atoms with Gasteiger partial charge in [0.2, 0.25) is 11.8 Å². The summed E-state index contributed by atoms with van der Waals surface area (Å²) in [4.78, 5) is 38.7. The number of alkyl carbamates (subject to hydrolysis) is 1. The molecule has 12 heteroatoms. The van der Waals surface area contributed by atoms with Gasteiger partial charge in [0.25, 0.3) is 0 Å². The van der Waals surface area contributed by atoms with E-state index in [1.807, 2.05) is 44.2 Å². The normalized spacial score (nSPS) is 29.4. The fourth-order valence-electron chi connectivity index (χ4n) is 5.10. The average Bonchev–Trinajstić information content (AvgIpc) is 3.35. The molecule has 3 aliphatic rings. The van der Waals surface area contributed by atoms with Crippen LogP contribution in [0.1, 0.15) is 61.0 Å². The minimum absolute atomic E-state index is 0.0935. The molecule has 0 spiro atoms. The largest absolute Gasteiger partial charge is 0.444 e. The Labute approximate surface area is 241 Å². The first-order valence-electron chi connectivity index (χ1n) is 14.0. The number of benzene rings is 1. The number of rotatable bonds is 8. The molecule has 3 amide bonds. The van der Waals surface area contributed by atoms with Crippen molar-refractivity contribution < 1.29 is 42.8 Å². The van der Waals surface area contributed by atoms with Crippen LogP contribution in [0.3, 0.4) is 0 Å². The molecule has 3 unspecified atom stereocenters. The molecular weight excluding hydrogens is 534 g/mol. The highest BCUT2D eigenvalue weighted by molar-refractivity contribution is 5.91. The Kier molecular flexibility index (Phi) is 9.01. The Morgan fingerprint density at radius 1 is 0.878 bits per heavy atom. The molecule has 12 nitrogen and oxygen atoms in total. The molecule has 0 saturated carbocycles. The van der Waals surface area contributed by atoms with Gasteiger partial charge >= 0.3 is 6.09 Å². The number of nitrogens with one attached hydrogen (secondary N) is 3. The van der Waals surface area contributed by atoms with Gasteiger partial charge in [-0.05, 0) is 61.0 Å². The van der Waals surface area contributed by atoms with Crippen LogP contribution in [-0.2, 0) is 44.4 Å². The van der Waals surface area contributed by atoms with Gasteiger partial charge in [0, 0.05) is 13.0 Å². The van der Waals surface area contributed by atoms with Crippen molar-refractivity contribution in [3.8, 4) is 0 Å². The van der Waals surface area contributed by atoms with Crippen LogP contribution in [-0.4, -0.2) is 84.4 Å². The summed E-state index contributed by atoms with van der Waals surface area (Å²) in [6.45, 7) is 14.1. The molecule has 0 aromatic heterocycles. The number of amides is 3. The van der Waals surface area contributed by atoms with Crippen LogP contribution in [0.4, 0.5) is 4.79 Å². The Hall–Kier alpha value is -2.77. The van der Waals surface area contributed by atoms with Crippen LogP contribution < -0.4 is 16.0 Å². The molecule has 0 aliphatic carbocycles. The lowest BCUT2D eigenvalue weighted by atomic mass is 9.99. The lowest BCUT2D eigenvalue weighted by molar-refractivity contribution is -0.232. The molecule has 41 heavy (non-hydrogen) atoms. The molecule has 3 saturated heterocycles. The van der Waals surface area contributed by atoms with Gasteiger partial charge in [-0.3, -0.25) is 9.59 Å². The summed E-state index contributed by atoms with van der Waals surface area (Å²) in [7, 11) is 0. The highest BCUT2D eigenvalue weighted by atomic mass is 16.9. The SMILES string of the molecule is C[C@@H](NC(=O)[C@H](Cc1ccccc1)NC(=O)OC(C)(C)C)C(=O)NCC1O[C@@H]2OC(C)(C)OC2C2OC(C)(C)O[C@@H]12. The van der Waals surface area contributed by atoms with E-state index in [0.717, 1.165) is 5.56 Å². The summed E-state index contributed by atoms with van der Waals surface area (Å²) in [5, 5.41) is 8.17. The first-order chi connectivity index (χ1) is 19.0. The summed E-state index contributed by atoms with van der Waals surface area (Å²) in [6, 6.07) is 7.39. The van der Waals surface area contributed by atoms with Gasteiger partial charge in [-0.15, -0.1) is 0 Å². The van der Waals surface area contributed by atoms with E-state index in [9.17, 15) is 14.4 Å². The third-order valence-corrected chi connectivity index (χ3v) is 6.77. The second kappa shape index (κ2) is 11.8. The van der Waals surface area contributed by atoms with Gasteiger partial charge in [-0.1, -0.05) is 30.3 Å². The molecule has 3 N–H and O–H groups in total. The van der Waals surface area contributed by atoms with Gasteiger partial charge in [0.05, 0.1) is 0 Å². The van der Waals surface area contributed by atoms with E-state index in [2.05, 4.69) is 16.0 Å². The maximum atomic E-state index is 13.2. The Morgan fingerprint density at radius 3 is 2.15 bits per heavy atom. The number of hydrogen-bond acceptors (Lipinski definition) is 9. The van der Waals surface area contributed by atoms with Crippen molar-refractivity contribution in [1.29, 1.82) is 0 Å². The minimum Gasteiger partial charge on any atom is -0.444 e. The average molecular weight is 578 g/mol. The fraction of sp³-hybridized carbons (Fsp3) is 0.690. The third kappa shape index (κ3) is 8.16. The predicted molar refractivity (Wildman–Crippen MR) is 146 cm³/mol. The van der Waals surface area contributed by atoms with E-state index in [-0.39, 0.29) is 13.0 Å². The Bertz CT molecular complexity index is 1100. The van der Waals surface area contributed by atoms with Crippen LogP contribution in [0.5, 0.6) is 0 Å². The second-order valence-electron chi connectivity index (χ2n) is 12.6. The van der Waals surface area contributed by atoms with Crippen LogP contribution >= 0.6 is 0 Å². The topological polar surface area (TPSA) is 143 Å². The standard InChI is InChI=1S/C29H43N3O9/c1-16(31-24(34)18(14-17-12-10-9-11-13-17)32-26(35)41-27(2,3)4)23(33)30-15-19-20-21(38-28(5,6)37-20)22-25(36-19)40-29(7,8)39-22/h9-13,16,18-22,25H,14-15H2,1-8H3,(H,30,33)(H,31,34)(H,32,35)/t16-,18+,19?,20+,21?,22?,25-/m1/s1. The molecule has 1 aromatic rings. The number of carbonyl (C=O) groups excluding carboxylic acids is 3. The third-order valence-electron chi connectivity index (χ3n) is 6.77. The van der Waals surface area contributed by atoms with Crippen LogP contribution in [0.15, 0.2) is 30.3 Å². The molecule has 0 radical (unpaired) electrons. The summed E-state index contributed by atoms with van der Waals surface area (Å²) in [5.41, 5.74) is 0.103. The first-order valence-corrected chi connectivity index (χ1v) is 14.0. The molecule has 0 bridgehead atoms. The van der Waals surface area contributed by atoms with E-state index in [1.54, 1.807) is 41.5 Å². The van der Waals surface area contributed by atoms with E-state index in [1.165, 1.54) is 0 Å². The number of carbonyl (C=O) groups is 3. The molecule has 3 aliphatic heterocycles. The van der Waals surface area contributed by atoms with E-state index < -0.39 is 77.9 Å². The highest BCUT2D eigenvalue weighted by Crippen LogP contribution is 2.43. The Morgan fingerprint density at radius 2 is 1.49 bits per heavy atom. The van der Waals surface area contributed by atoms with Crippen molar-refractivity contribution in [3.63, 3.8) is 0 Å². The lowest BCUT2D eigenvalue weighted by Crippen LogP contribution is -2.59. The van der Waals surface area contributed by atoms with Crippen molar-refractivity contribution in [1.82, 2.24) is 16.0 Å². The molecule has 3 heterocycles. The second-order valence-corrected chi connectivity index (χ2v) is 12.6. The van der Waals surface area contributed by atoms with Crippen molar-refractivity contribution >= 4 is 17.9 Å². The quantitative estimate of drug-likeness (QED) is 0.424. The zero-order chi connectivity index (χ0) is 30.2. The van der Waals surface area contributed by atoms with Crippen LogP contribution in [0, 0.1) is 0 Å². The molecule has 3 fully saturated rings. The summed E-state index contributed by atoms with van der Waals surface area (Å²) in [6.07, 6.45) is -3.18. The molecule has 228 valence electrons. The van der Waals surface area contributed by atoms with Crippen LogP contribution in [0.2, 0.25) is 0 Å². The van der Waals surface area contributed by atoms with Crippen molar-refractivity contribution in [2.24, 2.45) is 0 Å². The van der Waals surface area contributed by atoms with Gasteiger partial charge in [0.1, 0.15) is 42.1 Å². The van der Waals surface area contributed by atoms with Crippen LogP contribution in [0.25, 0.3) is 0 Å². The monoisotopic (exact) mass is 577 g/mol. The van der Waals surface area contributed by atoms with Crippen molar-refractivity contribution in [3.05, 3.63) is 35.9 Å². The summed E-state index contributed by atoms with van der Waals surface area (Å²) >= 11 is 0. The van der Waals surface area contributed by atoms with E-state index in [4.69, 9.17) is 28.4 Å². The molecule has 4 rings (SSSR count). The number of ether oxygens (including phenoxy) is 6. The summed E-state index contributed by atoms with van der Waals surface area (Å²) < 4.78 is 35.6. The smallest absolute Gasteiger partial charge is 0.408 e. The highest BCUT2D eigenvalue weighted by Gasteiger charge is 2.60.